The van der Waals surface area contributed by atoms with Crippen LogP contribution in [0.3, 0.4) is 0 Å². The van der Waals surface area contributed by atoms with Gasteiger partial charge in [-0.2, -0.15) is 0 Å². The molecule has 1 atom stereocenters. The van der Waals surface area contributed by atoms with Crippen LogP contribution in [0.1, 0.15) is 112 Å². The quantitative estimate of drug-likeness (QED) is 0.152. The Balaban J connectivity index is 1.41. The van der Waals surface area contributed by atoms with Crippen molar-refractivity contribution in [3.05, 3.63) is 69.3 Å². The van der Waals surface area contributed by atoms with Crippen molar-refractivity contribution in [2.24, 2.45) is 0 Å². The number of nitrogens with zero attached hydrogens (tertiary/aromatic N) is 1. The number of carbonyl (C=O) groups is 1. The van der Waals surface area contributed by atoms with Gasteiger partial charge in [0.05, 0.1) is 17.2 Å². The molecule has 34 heavy (non-hydrogen) atoms. The second-order valence-corrected chi connectivity index (χ2v) is 10.9. The summed E-state index contributed by atoms with van der Waals surface area (Å²) in [5.74, 6) is 0.140. The number of rotatable bonds is 14. The van der Waals surface area contributed by atoms with Crippen LogP contribution in [0.2, 0.25) is 0 Å². The van der Waals surface area contributed by atoms with Gasteiger partial charge in [-0.1, -0.05) is 107 Å². The van der Waals surface area contributed by atoms with Gasteiger partial charge in [0.1, 0.15) is 6.10 Å². The molecule has 1 aromatic rings. The summed E-state index contributed by atoms with van der Waals surface area (Å²) in [7, 11) is 0. The summed E-state index contributed by atoms with van der Waals surface area (Å²) in [6.07, 6.45) is 18.4. The average molecular weight is 480 g/mol. The van der Waals surface area contributed by atoms with Crippen molar-refractivity contribution in [2.45, 2.75) is 96.5 Å². The van der Waals surface area contributed by atoms with Crippen molar-refractivity contribution in [1.29, 1.82) is 0 Å². The zero-order valence-electron chi connectivity index (χ0n) is 20.9. The van der Waals surface area contributed by atoms with Gasteiger partial charge in [-0.15, -0.1) is 6.58 Å². The van der Waals surface area contributed by atoms with E-state index in [1.165, 1.54) is 81.2 Å². The van der Waals surface area contributed by atoms with Crippen LogP contribution < -0.4 is 0 Å². The van der Waals surface area contributed by atoms with Gasteiger partial charge in [-0.05, 0) is 31.2 Å². The number of thioether (sulfide) groups is 1. The Kier molecular flexibility index (Phi) is 9.52. The first-order valence-electron chi connectivity index (χ1n) is 13.5. The molecule has 3 nitrogen and oxygen atoms in total. The van der Waals surface area contributed by atoms with Crippen LogP contribution in [-0.2, 0) is 4.74 Å². The molecule has 0 N–H and O–H groups in total. The molecule has 2 aliphatic carbocycles. The number of ether oxygens (including phenoxy) is 1. The van der Waals surface area contributed by atoms with Crippen LogP contribution >= 0.6 is 11.8 Å². The second kappa shape index (κ2) is 12.8. The predicted octanol–water partition coefficient (Wildman–Crippen LogP) is 8.70. The summed E-state index contributed by atoms with van der Waals surface area (Å²) in [5.41, 5.74) is 4.11. The Bertz CT molecular complexity index is 931. The normalized spacial score (nSPS) is 21.5. The third-order valence-electron chi connectivity index (χ3n) is 7.27. The largest absolute Gasteiger partial charge is 0.364 e. The Labute approximate surface area is 210 Å². The highest BCUT2D eigenvalue weighted by Gasteiger charge is 2.42. The summed E-state index contributed by atoms with van der Waals surface area (Å²) in [6, 6.07) is 7.95. The summed E-state index contributed by atoms with van der Waals surface area (Å²) in [6.45, 7) is 7.56. The molecule has 0 saturated heterocycles. The number of allylic oxidation sites excluding steroid dienone is 2. The van der Waals surface area contributed by atoms with Crippen molar-refractivity contribution in [3.63, 3.8) is 0 Å². The van der Waals surface area contributed by atoms with E-state index >= 15 is 0 Å². The molecule has 0 amide bonds. The number of carbonyl (C=O) groups excluding carboxylic acids is 1. The Morgan fingerprint density at radius 3 is 2.47 bits per heavy atom. The number of hydrogen-bond donors (Lipinski definition) is 0. The van der Waals surface area contributed by atoms with E-state index in [4.69, 9.17) is 4.74 Å². The van der Waals surface area contributed by atoms with Gasteiger partial charge in [0.15, 0.2) is 5.78 Å². The van der Waals surface area contributed by atoms with Gasteiger partial charge < -0.3 is 9.64 Å². The fourth-order valence-corrected chi connectivity index (χ4v) is 6.91. The number of unbranched alkanes of at least 4 members (excludes halogenated alkanes) is 9. The first-order chi connectivity index (χ1) is 16.8. The molecule has 3 aliphatic rings. The number of ketones is 1. The Morgan fingerprint density at radius 1 is 1.03 bits per heavy atom. The molecule has 0 bridgehead atoms. The maximum Gasteiger partial charge on any atom is 0.195 e. The standard InChI is InChI=1S/C30H41NO2S/c1-3-5-6-7-8-9-10-11-12-15-21-31-25-19-16-20-26(25)34-30(31)27-28(32)23-17-13-14-18-24(23)29(27)33-22-4-2/h4,13-14,17-18,29H,2-3,5-12,15-16,19-22H2,1H3. The van der Waals surface area contributed by atoms with E-state index in [9.17, 15) is 4.79 Å². The highest BCUT2D eigenvalue weighted by Crippen LogP contribution is 2.53. The van der Waals surface area contributed by atoms with Crippen LogP contribution in [-0.4, -0.2) is 23.8 Å². The first kappa shape index (κ1) is 25.3. The zero-order valence-corrected chi connectivity index (χ0v) is 21.8. The van der Waals surface area contributed by atoms with Crippen LogP contribution in [0, 0.1) is 0 Å². The topological polar surface area (TPSA) is 29.5 Å². The number of Topliss-reactive ketones (excluding diaryl/α,β-unsaturated/α-hetero) is 1. The summed E-state index contributed by atoms with van der Waals surface area (Å²) in [4.78, 5) is 17.5. The molecule has 4 heteroatoms. The molecule has 0 saturated carbocycles. The van der Waals surface area contributed by atoms with Crippen molar-refractivity contribution in [2.75, 3.05) is 13.2 Å². The molecule has 0 aromatic heterocycles. The van der Waals surface area contributed by atoms with Crippen LogP contribution in [0.15, 0.2) is 58.1 Å². The summed E-state index contributed by atoms with van der Waals surface area (Å²) in [5, 5.41) is 1.14. The maximum absolute atomic E-state index is 13.5. The van der Waals surface area contributed by atoms with E-state index in [-0.39, 0.29) is 11.9 Å². The van der Waals surface area contributed by atoms with Crippen molar-refractivity contribution >= 4 is 17.5 Å². The smallest absolute Gasteiger partial charge is 0.195 e. The molecular formula is C30H41NO2S. The third kappa shape index (κ3) is 5.71. The van der Waals surface area contributed by atoms with Crippen LogP contribution in [0.5, 0.6) is 0 Å². The molecule has 1 aliphatic heterocycles. The monoisotopic (exact) mass is 479 g/mol. The van der Waals surface area contributed by atoms with Crippen molar-refractivity contribution in [1.82, 2.24) is 4.90 Å². The van der Waals surface area contributed by atoms with E-state index in [0.29, 0.717) is 6.61 Å². The minimum atomic E-state index is -0.292. The fraction of sp³-hybridized carbons (Fsp3) is 0.567. The van der Waals surface area contributed by atoms with Gasteiger partial charge in [0, 0.05) is 22.7 Å². The van der Waals surface area contributed by atoms with E-state index in [2.05, 4.69) is 18.4 Å². The minimum absolute atomic E-state index is 0.140. The van der Waals surface area contributed by atoms with Crippen LogP contribution in [0.25, 0.3) is 0 Å². The van der Waals surface area contributed by atoms with Gasteiger partial charge in [0.25, 0.3) is 0 Å². The lowest BCUT2D eigenvalue weighted by atomic mass is 10.1. The molecule has 0 fully saturated rings. The molecular weight excluding hydrogens is 438 g/mol. The lowest BCUT2D eigenvalue weighted by molar-refractivity contribution is 0.0892. The number of benzene rings is 1. The highest BCUT2D eigenvalue weighted by atomic mass is 32.2. The summed E-state index contributed by atoms with van der Waals surface area (Å²) < 4.78 is 6.19. The molecule has 1 heterocycles. The van der Waals surface area contributed by atoms with E-state index in [0.717, 1.165) is 41.1 Å². The maximum atomic E-state index is 13.5. The third-order valence-corrected chi connectivity index (χ3v) is 8.59. The molecule has 184 valence electrons. The lowest BCUT2D eigenvalue weighted by Crippen LogP contribution is -2.22. The van der Waals surface area contributed by atoms with Gasteiger partial charge in [-0.3, -0.25) is 4.79 Å². The molecule has 4 rings (SSSR count). The Hall–Kier alpha value is -1.78. The SMILES string of the molecule is C=CCOC1C(=C2SC3=C(CCC3)N2CCCCCCCCCCCC)C(=O)c2ccccc21. The van der Waals surface area contributed by atoms with E-state index < -0.39 is 0 Å². The number of hydrogen-bond acceptors (Lipinski definition) is 4. The van der Waals surface area contributed by atoms with Crippen molar-refractivity contribution < 1.29 is 9.53 Å². The number of fused-ring (bicyclic) bond motifs is 1. The first-order valence-corrected chi connectivity index (χ1v) is 14.4. The predicted molar refractivity (Wildman–Crippen MR) is 144 cm³/mol. The minimum Gasteiger partial charge on any atom is -0.364 e. The average Bonchev–Trinajstić information content (AvgIpc) is 3.51. The van der Waals surface area contributed by atoms with E-state index in [1.54, 1.807) is 6.08 Å². The lowest BCUT2D eigenvalue weighted by Gasteiger charge is -2.26. The molecule has 1 aromatic carbocycles. The van der Waals surface area contributed by atoms with Crippen molar-refractivity contribution in [3.8, 4) is 0 Å². The van der Waals surface area contributed by atoms with Gasteiger partial charge in [-0.25, -0.2) is 0 Å². The van der Waals surface area contributed by atoms with Gasteiger partial charge in [0.2, 0.25) is 0 Å². The van der Waals surface area contributed by atoms with Crippen LogP contribution in [0.4, 0.5) is 0 Å². The van der Waals surface area contributed by atoms with Gasteiger partial charge >= 0.3 is 0 Å². The fourth-order valence-electron chi connectivity index (χ4n) is 5.48. The summed E-state index contributed by atoms with van der Waals surface area (Å²) >= 11 is 1.84. The molecule has 0 spiro atoms. The second-order valence-electron chi connectivity index (χ2n) is 9.80. The molecule has 0 radical (unpaired) electrons. The Morgan fingerprint density at radius 2 is 1.74 bits per heavy atom. The van der Waals surface area contributed by atoms with E-state index in [1.807, 2.05) is 36.0 Å². The highest BCUT2D eigenvalue weighted by molar-refractivity contribution is 8.07. The zero-order chi connectivity index (χ0) is 23.8. The molecule has 1 unspecified atom stereocenters.